The lowest BCUT2D eigenvalue weighted by Crippen LogP contribution is -2.51. The van der Waals surface area contributed by atoms with E-state index >= 15 is 0 Å². The van der Waals surface area contributed by atoms with Crippen LogP contribution in [0, 0.1) is 11.3 Å². The van der Waals surface area contributed by atoms with E-state index in [0.717, 1.165) is 0 Å². The van der Waals surface area contributed by atoms with Gasteiger partial charge in [-0.05, 0) is 27.7 Å². The monoisotopic (exact) mass is 1220 g/mol. The summed E-state index contributed by atoms with van der Waals surface area (Å²) in [5.41, 5.74) is -1.09. The summed E-state index contributed by atoms with van der Waals surface area (Å²) in [5, 5.41) is 47.7. The zero-order valence-electron chi connectivity index (χ0n) is 50.4. The van der Waals surface area contributed by atoms with E-state index in [4.69, 9.17) is 37.9 Å². The lowest BCUT2D eigenvalue weighted by Gasteiger charge is -2.37. The van der Waals surface area contributed by atoms with Crippen LogP contribution in [0.4, 0.5) is 14.4 Å². The molecule has 4 rings (SSSR count). The second-order valence-electron chi connectivity index (χ2n) is 21.9. The van der Waals surface area contributed by atoms with Crippen molar-refractivity contribution < 1.29 is 91.9 Å². The summed E-state index contributed by atoms with van der Waals surface area (Å²) in [6.07, 6.45) is -4.21. The van der Waals surface area contributed by atoms with Gasteiger partial charge in [-0.25, -0.2) is 14.4 Å². The highest BCUT2D eigenvalue weighted by molar-refractivity contribution is 7.99. The number of aliphatic hydroxyl groups excluding tert-OH is 4. The van der Waals surface area contributed by atoms with Gasteiger partial charge in [-0.1, -0.05) is 0 Å². The van der Waals surface area contributed by atoms with Crippen molar-refractivity contribution in [3.05, 3.63) is 0 Å². The first-order chi connectivity index (χ1) is 40.4. The molecule has 0 spiro atoms. The van der Waals surface area contributed by atoms with Crippen molar-refractivity contribution in [1.82, 2.24) is 44.5 Å². The number of β-amino-alcohol motifs (C(OH)–C–C–N with tert-alkyl or cyclic N) is 3. The first-order valence-electron chi connectivity index (χ1n) is 29.7. The van der Waals surface area contributed by atoms with E-state index in [9.17, 15) is 54.0 Å². The number of amides is 5. The van der Waals surface area contributed by atoms with E-state index in [1.54, 1.807) is 35.5 Å². The number of nitrogens with zero attached hydrogens (tertiary/aromatic N) is 8. The first-order valence-corrected chi connectivity index (χ1v) is 30.9. The molecule has 0 aromatic rings. The van der Waals surface area contributed by atoms with Crippen LogP contribution in [0.2, 0.25) is 0 Å². The average molecular weight is 1220 g/mol. The molecule has 0 saturated carbocycles. The number of nitrogens with one attached hydrogen (secondary N) is 1. The molecule has 4 aliphatic heterocycles. The molecular formula is C55H99N9O19S. The molecule has 4 heterocycles. The molecule has 4 saturated heterocycles. The summed E-state index contributed by atoms with van der Waals surface area (Å²) in [7, 11) is 1.28. The SMILES string of the molecule is CCOC(=O)N1CCN(CC(O)COCC(COCC(O)CSCCN(CCC(C)=O)CCC(=O)NCCN2CC(C(=O)OC)CC2=O)(COCC(O)CN2CCN(C(=O)OCC)CC2)COCC(O)CN2CCN(C(=O)OCC)CC2)CC1. The maximum atomic E-state index is 12.8. The Labute approximate surface area is 499 Å². The van der Waals surface area contributed by atoms with E-state index in [2.05, 4.69) is 5.32 Å². The number of piperazine rings is 3. The molecule has 5 atom stereocenters. The molecule has 84 heavy (non-hydrogen) atoms. The molecule has 5 N–H and O–H groups in total. The summed E-state index contributed by atoms with van der Waals surface area (Å²) in [5.74, 6) is -0.453. The molecular weight excluding hydrogens is 1120 g/mol. The van der Waals surface area contributed by atoms with Crippen molar-refractivity contribution in [3.63, 3.8) is 0 Å². The third-order valence-electron chi connectivity index (χ3n) is 14.7. The predicted molar refractivity (Wildman–Crippen MR) is 308 cm³/mol. The Balaban J connectivity index is 1.36. The zero-order valence-corrected chi connectivity index (χ0v) is 51.3. The lowest BCUT2D eigenvalue weighted by atomic mass is 9.92. The van der Waals surface area contributed by atoms with Gasteiger partial charge in [0.2, 0.25) is 11.8 Å². The number of likely N-dealkylation sites (tertiary alicyclic amines) is 1. The van der Waals surface area contributed by atoms with Gasteiger partial charge in [-0.3, -0.25) is 33.9 Å². The topological polar surface area (TPSA) is 312 Å². The standard InChI is InChI=1S/C55H99N9O19S/c1-6-81-52(73)61-21-15-58(16-22-61)31-45(66)34-77-39-55(40-78-35-46(67)32-59-17-23-62(24-18-59)53(74)82-7-2,41-79-36-47(68)33-60-19-25-63(26-20-60)54(75)83-8-3)42-80-37-48(69)38-84-28-27-57(12-9-43(4)65)13-10-49(70)56-11-14-64-30-44(29-50(64)71)51(72)76-5/h44-48,66-69H,6-42H2,1-5H3,(H,56,70). The number of hydrogen-bond donors (Lipinski definition) is 5. The van der Waals surface area contributed by atoms with Crippen LogP contribution < -0.4 is 5.32 Å². The maximum absolute atomic E-state index is 12.8. The molecule has 4 aliphatic rings. The van der Waals surface area contributed by atoms with Crippen molar-refractivity contribution in [1.29, 1.82) is 0 Å². The molecule has 0 aromatic heterocycles. The van der Waals surface area contributed by atoms with E-state index in [0.29, 0.717) is 116 Å². The van der Waals surface area contributed by atoms with Gasteiger partial charge >= 0.3 is 24.2 Å². The lowest BCUT2D eigenvalue weighted by molar-refractivity contribution is -0.145. The number of carbonyl (C=O) groups is 7. The van der Waals surface area contributed by atoms with Gasteiger partial charge in [-0.15, -0.1) is 0 Å². The molecule has 4 fully saturated rings. The van der Waals surface area contributed by atoms with Crippen LogP contribution >= 0.6 is 11.8 Å². The van der Waals surface area contributed by atoms with Crippen LogP contribution in [0.3, 0.4) is 0 Å². The zero-order chi connectivity index (χ0) is 61.3. The van der Waals surface area contributed by atoms with Gasteiger partial charge in [-0.2, -0.15) is 11.8 Å². The number of ketones is 1. The second-order valence-corrected chi connectivity index (χ2v) is 23.0. The molecule has 5 unspecified atom stereocenters. The summed E-state index contributed by atoms with van der Waals surface area (Å²) < 4.78 is 45.3. The highest BCUT2D eigenvalue weighted by Crippen LogP contribution is 2.23. The van der Waals surface area contributed by atoms with Gasteiger partial charge in [0.05, 0.1) is 116 Å². The maximum Gasteiger partial charge on any atom is 0.409 e. The molecule has 0 bridgehead atoms. The molecule has 0 aliphatic carbocycles. The normalized spacial score (nSPS) is 19.6. The van der Waals surface area contributed by atoms with Gasteiger partial charge in [0.15, 0.2) is 0 Å². The van der Waals surface area contributed by atoms with Crippen LogP contribution in [-0.4, -0.2) is 355 Å². The van der Waals surface area contributed by atoms with Crippen LogP contribution in [0.1, 0.15) is 47.0 Å². The Morgan fingerprint density at radius 2 is 1.01 bits per heavy atom. The van der Waals surface area contributed by atoms with Gasteiger partial charge in [0, 0.05) is 168 Å². The third-order valence-corrected chi connectivity index (χ3v) is 15.8. The van der Waals surface area contributed by atoms with E-state index < -0.39 is 41.7 Å². The number of ether oxygens (including phenoxy) is 8. The smallest absolute Gasteiger partial charge is 0.409 e. The van der Waals surface area contributed by atoms with Crippen molar-refractivity contribution in [2.24, 2.45) is 11.3 Å². The molecule has 29 heteroatoms. The number of rotatable bonds is 40. The molecule has 28 nitrogen and oxygen atoms in total. The molecule has 484 valence electrons. The van der Waals surface area contributed by atoms with Crippen molar-refractivity contribution in [3.8, 4) is 0 Å². The predicted octanol–water partition coefficient (Wildman–Crippen LogP) is -1.65. The fourth-order valence-corrected chi connectivity index (χ4v) is 11.0. The van der Waals surface area contributed by atoms with Gasteiger partial charge in [0.1, 0.15) is 5.78 Å². The Morgan fingerprint density at radius 3 is 1.40 bits per heavy atom. The minimum atomic E-state index is -1.09. The highest BCUT2D eigenvalue weighted by Gasteiger charge is 2.37. The van der Waals surface area contributed by atoms with Crippen molar-refractivity contribution in [2.45, 2.75) is 71.4 Å². The number of thioether (sulfide) groups is 1. The number of esters is 1. The Hall–Kier alpha value is -4.24. The number of aliphatic hydroxyl groups is 4. The van der Waals surface area contributed by atoms with Crippen molar-refractivity contribution >= 4 is 53.6 Å². The van der Waals surface area contributed by atoms with Crippen LogP contribution in [0.5, 0.6) is 0 Å². The molecule has 0 aromatic carbocycles. The average Bonchev–Trinajstić information content (AvgIpc) is 3.89. The minimum absolute atomic E-state index is 0.0130. The third kappa shape index (κ3) is 28.1. The molecule has 5 amide bonds. The molecule has 0 radical (unpaired) electrons. The minimum Gasteiger partial charge on any atom is -0.469 e. The fraction of sp³-hybridized carbons (Fsp3) is 0.873. The van der Waals surface area contributed by atoms with Crippen LogP contribution in [-0.2, 0) is 57.1 Å². The number of methoxy groups -OCH3 is 1. The largest absolute Gasteiger partial charge is 0.469 e. The Kier molecular flexibility index (Phi) is 34.6. The second kappa shape index (κ2) is 40.3. The Morgan fingerprint density at radius 1 is 0.607 bits per heavy atom. The van der Waals surface area contributed by atoms with Crippen LogP contribution in [0.25, 0.3) is 0 Å². The summed E-state index contributed by atoms with van der Waals surface area (Å²) in [4.78, 5) is 100. The quantitative estimate of drug-likeness (QED) is 0.0261. The van der Waals surface area contributed by atoms with Crippen molar-refractivity contribution in [2.75, 3.05) is 229 Å². The Bertz CT molecular complexity index is 1820. The number of Topliss-reactive ketones (excluding diaryl/α,β-unsaturated/α-hetero) is 1. The van der Waals surface area contributed by atoms with E-state index in [-0.39, 0.29) is 161 Å². The number of carbonyl (C=O) groups excluding carboxylic acids is 7. The van der Waals surface area contributed by atoms with Gasteiger partial charge < -0.3 is 88.1 Å². The van der Waals surface area contributed by atoms with Crippen LogP contribution in [0.15, 0.2) is 0 Å². The van der Waals surface area contributed by atoms with Gasteiger partial charge in [0.25, 0.3) is 0 Å². The number of hydrogen-bond acceptors (Lipinski definition) is 24. The summed E-state index contributed by atoms with van der Waals surface area (Å²) in [6, 6.07) is 0. The first kappa shape index (κ1) is 72.2. The highest BCUT2D eigenvalue weighted by atomic mass is 32.2. The summed E-state index contributed by atoms with van der Waals surface area (Å²) >= 11 is 1.48. The van der Waals surface area contributed by atoms with E-state index in [1.165, 1.54) is 30.7 Å². The summed E-state index contributed by atoms with van der Waals surface area (Å²) in [6.45, 7) is 16.0. The van der Waals surface area contributed by atoms with E-state index in [1.807, 2.05) is 19.6 Å². The fourth-order valence-electron chi connectivity index (χ4n) is 10.0.